The second-order valence-corrected chi connectivity index (χ2v) is 8.35. The summed E-state index contributed by atoms with van der Waals surface area (Å²) >= 11 is 0. The molecule has 146 valence electrons. The van der Waals surface area contributed by atoms with Crippen molar-refractivity contribution < 1.29 is 0 Å². The van der Waals surface area contributed by atoms with Gasteiger partial charge in [0, 0.05) is 0 Å². The van der Waals surface area contributed by atoms with Gasteiger partial charge in [-0.1, -0.05) is 83.8 Å². The van der Waals surface area contributed by atoms with Gasteiger partial charge in [0.2, 0.25) is 0 Å². The maximum atomic E-state index is 2.49. The van der Waals surface area contributed by atoms with Crippen molar-refractivity contribution in [2.24, 2.45) is 23.7 Å². The molecule has 25 heavy (non-hydrogen) atoms. The summed E-state index contributed by atoms with van der Waals surface area (Å²) in [6.07, 6.45) is 11.1. The van der Waals surface area contributed by atoms with Crippen molar-refractivity contribution in [2.45, 2.75) is 101 Å². The van der Waals surface area contributed by atoms with Gasteiger partial charge < -0.3 is 0 Å². The van der Waals surface area contributed by atoms with Gasteiger partial charge in [-0.3, -0.25) is 0 Å². The smallest absolute Gasteiger partial charge is 0.0160 e. The van der Waals surface area contributed by atoms with E-state index in [1.165, 1.54) is 37.7 Å². The molecule has 0 N–H and O–H groups in total. The molecule has 0 saturated carbocycles. The summed E-state index contributed by atoms with van der Waals surface area (Å²) in [5.41, 5.74) is 6.41. The van der Waals surface area contributed by atoms with Crippen LogP contribution in [0.3, 0.4) is 0 Å². The highest BCUT2D eigenvalue weighted by atomic mass is 14.3. The van der Waals surface area contributed by atoms with Gasteiger partial charge in [-0.25, -0.2) is 0 Å². The Kier molecular flexibility index (Phi) is 12.2. The molecule has 0 spiro atoms. The third-order valence-corrected chi connectivity index (χ3v) is 6.09. The molecule has 0 aromatic heterocycles. The van der Waals surface area contributed by atoms with Gasteiger partial charge in [-0.05, 0) is 75.7 Å². The van der Waals surface area contributed by atoms with Gasteiger partial charge >= 0.3 is 0 Å². The summed E-state index contributed by atoms with van der Waals surface area (Å²) in [4.78, 5) is 0. The fourth-order valence-electron chi connectivity index (χ4n) is 3.93. The Morgan fingerprint density at radius 1 is 0.960 bits per heavy atom. The lowest BCUT2D eigenvalue weighted by molar-refractivity contribution is 0.450. The van der Waals surface area contributed by atoms with Crippen LogP contribution in [0.25, 0.3) is 0 Å². The molecule has 0 radical (unpaired) electrons. The van der Waals surface area contributed by atoms with E-state index < -0.39 is 0 Å². The second kappa shape index (κ2) is 12.6. The first kappa shape index (κ1) is 24.2. The Morgan fingerprint density at radius 2 is 1.56 bits per heavy atom. The van der Waals surface area contributed by atoms with Crippen molar-refractivity contribution in [3.63, 3.8) is 0 Å². The topological polar surface area (TPSA) is 0 Å². The van der Waals surface area contributed by atoms with E-state index in [9.17, 15) is 0 Å². The summed E-state index contributed by atoms with van der Waals surface area (Å²) in [5.74, 6) is 2.71. The molecule has 0 aliphatic carbocycles. The van der Waals surface area contributed by atoms with E-state index in [0.29, 0.717) is 23.7 Å². The van der Waals surface area contributed by atoms with Crippen molar-refractivity contribution in [3.05, 3.63) is 34.4 Å². The van der Waals surface area contributed by atoms with Crippen LogP contribution in [0.2, 0.25) is 0 Å². The predicted octanol–water partition coefficient (Wildman–Crippen LogP) is 8.75. The van der Waals surface area contributed by atoms with Crippen molar-refractivity contribution in [1.29, 1.82) is 0 Å². The van der Waals surface area contributed by atoms with Crippen LogP contribution in [-0.4, -0.2) is 0 Å². The molecule has 0 aliphatic rings. The average Bonchev–Trinajstić information content (AvgIpc) is 2.58. The van der Waals surface area contributed by atoms with Crippen molar-refractivity contribution in [3.8, 4) is 0 Å². The van der Waals surface area contributed by atoms with Crippen LogP contribution in [0, 0.1) is 23.7 Å². The molecule has 0 nitrogen and oxygen atoms in total. The van der Waals surface area contributed by atoms with Gasteiger partial charge in [-0.2, -0.15) is 0 Å². The monoisotopic (exact) mass is 346 g/mol. The zero-order valence-electron chi connectivity index (χ0n) is 19.0. The zero-order chi connectivity index (χ0) is 19.6. The Hall–Kier alpha value is -0.780. The molecule has 0 aromatic carbocycles. The van der Waals surface area contributed by atoms with E-state index in [1.807, 2.05) is 0 Å². The summed E-state index contributed by atoms with van der Waals surface area (Å²) in [6.45, 7) is 23.3. The largest absolute Gasteiger partial charge is 0.0839 e. The van der Waals surface area contributed by atoms with Gasteiger partial charge in [0.05, 0.1) is 0 Å². The molecule has 0 saturated heterocycles. The maximum absolute atomic E-state index is 2.49. The van der Waals surface area contributed by atoms with Crippen molar-refractivity contribution in [2.75, 3.05) is 0 Å². The predicted molar refractivity (Wildman–Crippen MR) is 117 cm³/mol. The number of hydrogen-bond acceptors (Lipinski definition) is 0. The minimum atomic E-state index is 0.641. The Labute approximate surface area is 159 Å². The lowest BCUT2D eigenvalue weighted by Crippen LogP contribution is -2.13. The van der Waals surface area contributed by atoms with Crippen LogP contribution in [0.15, 0.2) is 34.4 Å². The van der Waals surface area contributed by atoms with E-state index in [4.69, 9.17) is 0 Å². The minimum absolute atomic E-state index is 0.641. The highest BCUT2D eigenvalue weighted by molar-refractivity contribution is 5.32. The van der Waals surface area contributed by atoms with Gasteiger partial charge in [0.15, 0.2) is 0 Å². The first-order valence-corrected chi connectivity index (χ1v) is 10.8. The quantitative estimate of drug-likeness (QED) is 0.259. The molecular formula is C25H46. The van der Waals surface area contributed by atoms with E-state index >= 15 is 0 Å². The standard InChI is InChI=1S/C25H46/c1-11-15-25(19(7)12-2)22(10)17-23(13-3)24(14-4)21(9)16-20(8)18(5)6/h14,16,18,20,22-23H,11-13,15,17H2,1-10H3/b21-16?,24-14?,25-19+. The molecular weight excluding hydrogens is 300 g/mol. The van der Waals surface area contributed by atoms with E-state index in [-0.39, 0.29) is 0 Å². The normalized spacial score (nSPS) is 18.2. The van der Waals surface area contributed by atoms with Gasteiger partial charge in [0.25, 0.3) is 0 Å². The second-order valence-electron chi connectivity index (χ2n) is 8.35. The van der Waals surface area contributed by atoms with Crippen LogP contribution in [-0.2, 0) is 0 Å². The summed E-state index contributed by atoms with van der Waals surface area (Å²) in [7, 11) is 0. The summed E-state index contributed by atoms with van der Waals surface area (Å²) in [6, 6.07) is 0. The Morgan fingerprint density at radius 3 is 1.96 bits per heavy atom. The lowest BCUT2D eigenvalue weighted by Gasteiger charge is -2.27. The van der Waals surface area contributed by atoms with E-state index in [0.717, 1.165) is 0 Å². The molecule has 0 heteroatoms. The Balaban J connectivity index is 5.42. The molecule has 0 fully saturated rings. The molecule has 0 heterocycles. The third kappa shape index (κ3) is 7.97. The van der Waals surface area contributed by atoms with Crippen LogP contribution >= 0.6 is 0 Å². The SMILES string of the molecule is CC=C(C(C)=CC(C)C(C)C)C(CC)CC(C)/C(CCC)=C(\C)CC. The molecule has 0 amide bonds. The highest BCUT2D eigenvalue weighted by Crippen LogP contribution is 2.34. The van der Waals surface area contributed by atoms with E-state index in [2.05, 4.69) is 81.4 Å². The molecule has 0 aliphatic heterocycles. The first-order chi connectivity index (χ1) is 11.7. The third-order valence-electron chi connectivity index (χ3n) is 6.09. The maximum Gasteiger partial charge on any atom is -0.0160 e. The zero-order valence-corrected chi connectivity index (χ0v) is 19.0. The molecule has 3 atom stereocenters. The van der Waals surface area contributed by atoms with Crippen molar-refractivity contribution >= 4 is 0 Å². The molecule has 0 bridgehead atoms. The minimum Gasteiger partial charge on any atom is -0.0839 e. The molecule has 0 rings (SSSR count). The fourth-order valence-corrected chi connectivity index (χ4v) is 3.93. The number of rotatable bonds is 11. The van der Waals surface area contributed by atoms with Crippen LogP contribution in [0.1, 0.15) is 101 Å². The van der Waals surface area contributed by atoms with Gasteiger partial charge in [0.1, 0.15) is 0 Å². The molecule has 3 unspecified atom stereocenters. The summed E-state index contributed by atoms with van der Waals surface area (Å²) in [5, 5.41) is 0. The number of hydrogen-bond donors (Lipinski definition) is 0. The lowest BCUT2D eigenvalue weighted by atomic mass is 9.78. The van der Waals surface area contributed by atoms with Crippen LogP contribution in [0.4, 0.5) is 0 Å². The first-order valence-electron chi connectivity index (χ1n) is 10.8. The van der Waals surface area contributed by atoms with Crippen LogP contribution < -0.4 is 0 Å². The average molecular weight is 347 g/mol. The fraction of sp³-hybridized carbons (Fsp3) is 0.760. The van der Waals surface area contributed by atoms with Gasteiger partial charge in [-0.15, -0.1) is 0 Å². The highest BCUT2D eigenvalue weighted by Gasteiger charge is 2.20. The van der Waals surface area contributed by atoms with E-state index in [1.54, 1.807) is 16.7 Å². The number of allylic oxidation sites excluding steroid dienone is 6. The molecule has 0 aromatic rings. The van der Waals surface area contributed by atoms with Crippen LogP contribution in [0.5, 0.6) is 0 Å². The Bertz CT molecular complexity index is 458. The summed E-state index contributed by atoms with van der Waals surface area (Å²) < 4.78 is 0. The van der Waals surface area contributed by atoms with Crippen molar-refractivity contribution in [1.82, 2.24) is 0 Å².